The van der Waals surface area contributed by atoms with Crippen LogP contribution in [-0.2, 0) is 14.3 Å². The highest BCUT2D eigenvalue weighted by Gasteiger charge is 2.20. The van der Waals surface area contributed by atoms with Crippen LogP contribution < -0.4 is 16.8 Å². The van der Waals surface area contributed by atoms with Crippen LogP contribution in [0.4, 0.5) is 4.79 Å². The van der Waals surface area contributed by atoms with Crippen molar-refractivity contribution in [2.45, 2.75) is 25.8 Å². The van der Waals surface area contributed by atoms with Gasteiger partial charge in [0.05, 0.1) is 6.61 Å². The van der Waals surface area contributed by atoms with E-state index in [1.54, 1.807) is 6.92 Å². The van der Waals surface area contributed by atoms with Crippen LogP contribution in [0, 0.1) is 0 Å². The van der Waals surface area contributed by atoms with Gasteiger partial charge in [0.25, 0.3) is 0 Å². The van der Waals surface area contributed by atoms with Crippen molar-refractivity contribution in [3.05, 3.63) is 0 Å². The Morgan fingerprint density at radius 3 is 2.57 bits per heavy atom. The molecule has 0 aliphatic heterocycles. The van der Waals surface area contributed by atoms with E-state index in [0.29, 0.717) is 13.0 Å². The number of rotatable bonds is 9. The predicted molar refractivity (Wildman–Crippen MR) is 80.0 cm³/mol. The average molecular weight is 320 g/mol. The van der Waals surface area contributed by atoms with Gasteiger partial charge in [-0.05, 0) is 32.0 Å². The van der Waals surface area contributed by atoms with E-state index in [1.807, 2.05) is 0 Å². The number of nitrogens with one attached hydrogen (secondary N) is 1. The molecule has 0 bridgehead atoms. The lowest BCUT2D eigenvalue weighted by atomic mass is 10.1. The molecule has 1 amide bonds. The van der Waals surface area contributed by atoms with Crippen molar-refractivity contribution < 1.29 is 24.2 Å². The maximum atomic E-state index is 11.4. The van der Waals surface area contributed by atoms with Crippen LogP contribution in [0.1, 0.15) is 19.8 Å². The smallest absolute Gasteiger partial charge is 0.408 e. The first-order valence-electron chi connectivity index (χ1n) is 6.24. The van der Waals surface area contributed by atoms with E-state index < -0.39 is 18.1 Å². The van der Waals surface area contributed by atoms with Gasteiger partial charge in [0.2, 0.25) is 0 Å². The minimum atomic E-state index is -1.18. The summed E-state index contributed by atoms with van der Waals surface area (Å²) in [4.78, 5) is 26.1. The number of carbonyl (C=O) groups is 2. The largest absolute Gasteiger partial charge is 0.484 e. The number of carboxylic acids is 1. The molecule has 0 saturated carbocycles. The van der Waals surface area contributed by atoms with E-state index in [9.17, 15) is 9.59 Å². The third-order valence-corrected chi connectivity index (χ3v) is 2.40. The summed E-state index contributed by atoms with van der Waals surface area (Å²) in [6.45, 7) is 2.17. The minimum absolute atomic E-state index is 0.0707. The maximum Gasteiger partial charge on any atom is 0.408 e. The molecule has 0 radical (unpaired) electrons. The normalized spacial score (nSPS) is 11.1. The molecule has 0 heterocycles. The summed E-state index contributed by atoms with van der Waals surface area (Å²) in [7, 11) is 0. The first kappa shape index (κ1) is 18.9. The van der Waals surface area contributed by atoms with Gasteiger partial charge in [-0.15, -0.1) is 0 Å². The summed E-state index contributed by atoms with van der Waals surface area (Å²) in [5, 5.41) is 11.3. The number of hydrogen-bond acceptors (Lipinski definition) is 6. The molecule has 0 spiro atoms. The quantitative estimate of drug-likeness (QED) is 0.194. The molecule has 0 rings (SSSR count). The van der Waals surface area contributed by atoms with Gasteiger partial charge < -0.3 is 31.4 Å². The van der Waals surface area contributed by atoms with Crippen LogP contribution in [0.25, 0.3) is 0 Å². The molecule has 0 aliphatic rings. The van der Waals surface area contributed by atoms with E-state index in [1.165, 1.54) is 0 Å². The van der Waals surface area contributed by atoms with Crippen molar-refractivity contribution in [1.29, 1.82) is 0 Å². The van der Waals surface area contributed by atoms with Gasteiger partial charge in [-0.25, -0.2) is 9.59 Å². The summed E-state index contributed by atoms with van der Waals surface area (Å²) < 4.78 is 9.65. The average Bonchev–Trinajstić information content (AvgIpc) is 2.39. The monoisotopic (exact) mass is 320 g/mol. The Kier molecular flexibility index (Phi) is 9.59. The summed E-state index contributed by atoms with van der Waals surface area (Å²) >= 11 is 4.76. The van der Waals surface area contributed by atoms with Crippen molar-refractivity contribution in [2.24, 2.45) is 16.5 Å². The van der Waals surface area contributed by atoms with Crippen molar-refractivity contribution in [1.82, 2.24) is 5.32 Å². The number of carbonyl (C=O) groups excluding carboxylic acids is 1. The van der Waals surface area contributed by atoms with E-state index in [0.717, 1.165) is 0 Å². The lowest BCUT2D eigenvalue weighted by molar-refractivity contribution is -0.139. The summed E-state index contributed by atoms with van der Waals surface area (Å²) in [5.74, 6) is -1.25. The van der Waals surface area contributed by atoms with Gasteiger partial charge >= 0.3 is 12.1 Å². The number of alkyl carbamates (subject to hydrolysis) is 1. The molecule has 0 aromatic carbocycles. The molecular formula is C11H20N4O5S. The van der Waals surface area contributed by atoms with Gasteiger partial charge in [-0.1, -0.05) is 0 Å². The molecule has 21 heavy (non-hydrogen) atoms. The zero-order valence-corrected chi connectivity index (χ0v) is 12.5. The van der Waals surface area contributed by atoms with Crippen molar-refractivity contribution in [2.75, 3.05) is 19.8 Å². The Morgan fingerprint density at radius 1 is 1.38 bits per heavy atom. The number of thiocarbonyl (C=S) groups is 1. The van der Waals surface area contributed by atoms with Crippen molar-refractivity contribution >= 4 is 35.3 Å². The predicted octanol–water partition coefficient (Wildman–Crippen LogP) is -0.417. The van der Waals surface area contributed by atoms with Crippen LogP contribution >= 0.6 is 12.2 Å². The molecule has 6 N–H and O–H groups in total. The number of aliphatic imine (C=N–C) groups is 1. The Balaban J connectivity index is 4.12. The molecule has 120 valence electrons. The van der Waals surface area contributed by atoms with Crippen molar-refractivity contribution in [3.8, 4) is 0 Å². The van der Waals surface area contributed by atoms with Crippen LogP contribution in [0.3, 0.4) is 0 Å². The molecule has 0 aromatic rings. The molecule has 0 fully saturated rings. The van der Waals surface area contributed by atoms with Crippen LogP contribution in [0.2, 0.25) is 0 Å². The third kappa shape index (κ3) is 10.4. The summed E-state index contributed by atoms with van der Waals surface area (Å²) in [6.07, 6.45) is -0.324. The van der Waals surface area contributed by atoms with Crippen molar-refractivity contribution in [3.63, 3.8) is 0 Å². The van der Waals surface area contributed by atoms with Crippen LogP contribution in [0.5, 0.6) is 0 Å². The number of carboxylic acid groups (broad SMARTS) is 1. The van der Waals surface area contributed by atoms with E-state index in [-0.39, 0.29) is 30.6 Å². The molecule has 0 saturated heterocycles. The van der Waals surface area contributed by atoms with Gasteiger partial charge in [-0.3, -0.25) is 4.99 Å². The lowest BCUT2D eigenvalue weighted by Crippen LogP contribution is -2.41. The molecular weight excluding hydrogens is 300 g/mol. The first-order chi connectivity index (χ1) is 9.86. The number of aliphatic carboxylic acids is 1. The highest BCUT2D eigenvalue weighted by molar-refractivity contribution is 7.80. The standard InChI is InChI=1S/C11H20N4O5S/c1-2-19-8(21)6-20-11(18)15-7(9(16)17)4-3-5-14-10(12)13/h7H,2-6H2,1H3,(H,15,18)(H,16,17)(H4,12,13,14)/t7-/m1/s1. The Morgan fingerprint density at radius 2 is 2.05 bits per heavy atom. The van der Waals surface area contributed by atoms with E-state index in [4.69, 9.17) is 38.3 Å². The molecule has 10 heteroatoms. The number of ether oxygens (including phenoxy) is 2. The second-order valence-electron chi connectivity index (χ2n) is 3.87. The number of nitrogens with two attached hydrogens (primary N) is 2. The zero-order chi connectivity index (χ0) is 16.3. The Labute approximate surface area is 127 Å². The van der Waals surface area contributed by atoms with Gasteiger partial charge in [0.15, 0.2) is 17.6 Å². The first-order valence-corrected chi connectivity index (χ1v) is 6.64. The fourth-order valence-corrected chi connectivity index (χ4v) is 1.45. The van der Waals surface area contributed by atoms with Gasteiger partial charge in [-0.2, -0.15) is 0 Å². The number of guanidine groups is 1. The highest BCUT2D eigenvalue weighted by atomic mass is 32.1. The van der Waals surface area contributed by atoms with Gasteiger partial charge in [0.1, 0.15) is 6.04 Å². The fraction of sp³-hybridized carbons (Fsp3) is 0.636. The number of amides is 1. The third-order valence-electron chi connectivity index (χ3n) is 2.16. The minimum Gasteiger partial charge on any atom is -0.484 e. The molecule has 0 aromatic heterocycles. The number of hydrogen-bond donors (Lipinski definition) is 4. The van der Waals surface area contributed by atoms with E-state index in [2.05, 4.69) is 10.3 Å². The summed E-state index contributed by atoms with van der Waals surface area (Å²) in [6, 6.07) is -1.09. The van der Waals surface area contributed by atoms with Crippen LogP contribution in [-0.4, -0.2) is 54.0 Å². The van der Waals surface area contributed by atoms with Crippen LogP contribution in [0.15, 0.2) is 4.99 Å². The maximum absolute atomic E-state index is 11.4. The lowest BCUT2D eigenvalue weighted by Gasteiger charge is -2.14. The topological polar surface area (TPSA) is 149 Å². The zero-order valence-electron chi connectivity index (χ0n) is 11.7. The highest BCUT2D eigenvalue weighted by Crippen LogP contribution is 1.99. The second kappa shape index (κ2) is 10.7. The fourth-order valence-electron chi connectivity index (χ4n) is 1.27. The number of nitrogens with zero attached hydrogens (tertiary/aromatic N) is 1. The summed E-state index contributed by atoms with van der Waals surface area (Å²) in [5.41, 5.74) is 10.3. The molecule has 1 atom stereocenters. The van der Waals surface area contributed by atoms with E-state index >= 15 is 0 Å². The Bertz CT molecular complexity index is 398. The second-order valence-corrected chi connectivity index (χ2v) is 4.32. The SMILES string of the molecule is CCOC(=S)COC(=O)N[C@H](CCCN=C(N)N)C(=O)O. The molecule has 9 nitrogen and oxygen atoms in total. The molecule has 0 aliphatic carbocycles. The molecule has 0 unspecified atom stereocenters. The van der Waals surface area contributed by atoms with Gasteiger partial charge in [0, 0.05) is 6.54 Å². The Hall–Kier alpha value is -2.10.